The van der Waals surface area contributed by atoms with Gasteiger partial charge in [-0.1, -0.05) is 30.0 Å². The van der Waals surface area contributed by atoms with Crippen LogP contribution in [0, 0.1) is 5.82 Å². The molecule has 1 aromatic heterocycles. The fourth-order valence-electron chi connectivity index (χ4n) is 3.00. The van der Waals surface area contributed by atoms with Gasteiger partial charge in [-0.15, -0.1) is 16.8 Å². The van der Waals surface area contributed by atoms with Crippen LogP contribution in [-0.4, -0.2) is 39.3 Å². The number of ketones is 1. The molecule has 0 aliphatic heterocycles. The normalized spacial score (nSPS) is 11.6. The highest BCUT2D eigenvalue weighted by atomic mass is 32.2. The van der Waals surface area contributed by atoms with E-state index in [1.807, 2.05) is 0 Å². The average Bonchev–Trinajstić information content (AvgIpc) is 3.20. The summed E-state index contributed by atoms with van der Waals surface area (Å²) in [6, 6.07) is 12.1. The van der Waals surface area contributed by atoms with Crippen molar-refractivity contribution in [1.82, 2.24) is 20.1 Å². The molecule has 0 radical (unpaired) electrons. The Morgan fingerprint density at radius 1 is 1.22 bits per heavy atom. The number of hydrogen-bond acceptors (Lipinski definition) is 6. The van der Waals surface area contributed by atoms with Crippen LogP contribution in [0.15, 0.2) is 66.3 Å². The quantitative estimate of drug-likeness (QED) is 0.282. The molecule has 7 nitrogen and oxygen atoms in total. The van der Waals surface area contributed by atoms with E-state index in [0.29, 0.717) is 28.8 Å². The van der Waals surface area contributed by atoms with Gasteiger partial charge < -0.3 is 14.6 Å². The van der Waals surface area contributed by atoms with Crippen molar-refractivity contribution in [2.75, 3.05) is 12.9 Å². The molecule has 0 saturated heterocycles. The summed E-state index contributed by atoms with van der Waals surface area (Å²) in [5, 5.41) is 11.6. The molecule has 32 heavy (non-hydrogen) atoms. The highest BCUT2D eigenvalue weighted by Crippen LogP contribution is 2.23. The largest absolute Gasteiger partial charge is 0.497 e. The molecular formula is C23H23FN4O3S. The number of benzene rings is 2. The SMILES string of the molecule is C=CCn1c(SCC(=O)c2ccc(OC)cc2)nnc1[C@@H](C)NC(=O)c1ccccc1F. The van der Waals surface area contributed by atoms with Gasteiger partial charge in [-0.25, -0.2) is 4.39 Å². The lowest BCUT2D eigenvalue weighted by atomic mass is 10.1. The van der Waals surface area contributed by atoms with Gasteiger partial charge in [0.1, 0.15) is 11.6 Å². The van der Waals surface area contributed by atoms with Crippen molar-refractivity contribution < 1.29 is 18.7 Å². The summed E-state index contributed by atoms with van der Waals surface area (Å²) < 4.78 is 20.8. The number of amides is 1. The second-order valence-electron chi connectivity index (χ2n) is 6.86. The average molecular weight is 455 g/mol. The predicted molar refractivity (Wildman–Crippen MR) is 121 cm³/mol. The van der Waals surface area contributed by atoms with Gasteiger partial charge in [0.05, 0.1) is 24.5 Å². The first kappa shape index (κ1) is 23.2. The second kappa shape index (κ2) is 10.7. The summed E-state index contributed by atoms with van der Waals surface area (Å²) in [5.41, 5.74) is 0.521. The molecule has 0 saturated carbocycles. The molecule has 1 N–H and O–H groups in total. The monoisotopic (exact) mass is 454 g/mol. The third kappa shape index (κ3) is 5.42. The van der Waals surface area contributed by atoms with Gasteiger partial charge in [0, 0.05) is 12.1 Å². The Morgan fingerprint density at radius 3 is 2.59 bits per heavy atom. The first-order valence-electron chi connectivity index (χ1n) is 9.84. The predicted octanol–water partition coefficient (Wildman–Crippen LogP) is 4.08. The van der Waals surface area contributed by atoms with E-state index in [0.717, 1.165) is 0 Å². The summed E-state index contributed by atoms with van der Waals surface area (Å²) in [7, 11) is 1.57. The number of allylic oxidation sites excluding steroid dienone is 1. The van der Waals surface area contributed by atoms with Crippen LogP contribution >= 0.6 is 11.8 Å². The number of rotatable bonds is 10. The fourth-order valence-corrected chi connectivity index (χ4v) is 3.85. The Hall–Kier alpha value is -3.46. The number of thioether (sulfide) groups is 1. The smallest absolute Gasteiger partial charge is 0.254 e. The minimum atomic E-state index is -0.599. The van der Waals surface area contributed by atoms with Crippen molar-refractivity contribution in [3.8, 4) is 5.75 Å². The van der Waals surface area contributed by atoms with Gasteiger partial charge in [0.2, 0.25) is 0 Å². The summed E-state index contributed by atoms with van der Waals surface area (Å²) >= 11 is 1.24. The molecule has 1 amide bonds. The summed E-state index contributed by atoms with van der Waals surface area (Å²) in [4.78, 5) is 25.0. The molecule has 9 heteroatoms. The number of halogens is 1. The number of hydrogen-bond donors (Lipinski definition) is 1. The molecular weight excluding hydrogens is 431 g/mol. The van der Waals surface area contributed by atoms with E-state index in [2.05, 4.69) is 22.1 Å². The highest BCUT2D eigenvalue weighted by molar-refractivity contribution is 7.99. The van der Waals surface area contributed by atoms with E-state index in [-0.39, 0.29) is 17.1 Å². The van der Waals surface area contributed by atoms with Crippen LogP contribution in [0.25, 0.3) is 0 Å². The molecule has 0 spiro atoms. The Morgan fingerprint density at radius 2 is 1.94 bits per heavy atom. The molecule has 0 aliphatic rings. The van der Waals surface area contributed by atoms with E-state index in [1.54, 1.807) is 55.0 Å². The number of Topliss-reactive ketones (excluding diaryl/α,β-unsaturated/α-hetero) is 1. The molecule has 3 rings (SSSR count). The maximum atomic E-state index is 13.9. The lowest BCUT2D eigenvalue weighted by molar-refractivity contribution is 0.0932. The van der Waals surface area contributed by atoms with E-state index >= 15 is 0 Å². The lowest BCUT2D eigenvalue weighted by Gasteiger charge is -2.15. The first-order valence-corrected chi connectivity index (χ1v) is 10.8. The van der Waals surface area contributed by atoms with Gasteiger partial charge in [0.15, 0.2) is 16.8 Å². The van der Waals surface area contributed by atoms with E-state index in [9.17, 15) is 14.0 Å². The van der Waals surface area contributed by atoms with Crippen molar-refractivity contribution in [1.29, 1.82) is 0 Å². The minimum absolute atomic E-state index is 0.0474. The maximum Gasteiger partial charge on any atom is 0.254 e. The van der Waals surface area contributed by atoms with E-state index < -0.39 is 17.8 Å². The third-order valence-corrected chi connectivity index (χ3v) is 5.62. The molecule has 1 atom stereocenters. The number of nitrogens with zero attached hydrogens (tertiary/aromatic N) is 3. The molecule has 0 bridgehead atoms. The number of carbonyl (C=O) groups excluding carboxylic acids is 2. The van der Waals surface area contributed by atoms with Crippen LogP contribution in [0.4, 0.5) is 4.39 Å². The molecule has 2 aromatic carbocycles. The van der Waals surface area contributed by atoms with Crippen LogP contribution in [0.3, 0.4) is 0 Å². The summed E-state index contributed by atoms with van der Waals surface area (Å²) in [6.45, 7) is 5.88. The van der Waals surface area contributed by atoms with Gasteiger partial charge >= 0.3 is 0 Å². The Balaban J connectivity index is 1.71. The zero-order valence-electron chi connectivity index (χ0n) is 17.7. The Bertz CT molecular complexity index is 1110. The Kier molecular flexibility index (Phi) is 7.77. The summed E-state index contributed by atoms with van der Waals surface area (Å²) in [6.07, 6.45) is 1.67. The number of methoxy groups -OCH3 is 1. The molecule has 0 aliphatic carbocycles. The number of aromatic nitrogens is 3. The van der Waals surface area contributed by atoms with Gasteiger partial charge in [0.25, 0.3) is 5.91 Å². The number of nitrogens with one attached hydrogen (secondary N) is 1. The van der Waals surface area contributed by atoms with Crippen molar-refractivity contribution in [3.63, 3.8) is 0 Å². The standard InChI is InChI=1S/C23H23FN4O3S/c1-4-13-28-21(15(2)25-22(30)18-7-5-6-8-19(18)24)26-27-23(28)32-14-20(29)16-9-11-17(31-3)12-10-16/h4-12,15H,1,13-14H2,2-3H3,(H,25,30)/t15-/m1/s1. The van der Waals surface area contributed by atoms with Crippen LogP contribution in [0.5, 0.6) is 5.75 Å². The van der Waals surface area contributed by atoms with E-state index in [1.165, 1.54) is 30.0 Å². The zero-order chi connectivity index (χ0) is 23.1. The van der Waals surface area contributed by atoms with Crippen LogP contribution < -0.4 is 10.1 Å². The number of ether oxygens (including phenoxy) is 1. The molecule has 3 aromatic rings. The minimum Gasteiger partial charge on any atom is -0.497 e. The van der Waals surface area contributed by atoms with Crippen molar-refractivity contribution in [3.05, 3.63) is 84.0 Å². The van der Waals surface area contributed by atoms with Crippen molar-refractivity contribution in [2.24, 2.45) is 0 Å². The summed E-state index contributed by atoms with van der Waals surface area (Å²) in [5.74, 6) is 0.112. The third-order valence-electron chi connectivity index (χ3n) is 4.65. The number of carbonyl (C=O) groups is 2. The first-order chi connectivity index (χ1) is 15.4. The van der Waals surface area contributed by atoms with Crippen molar-refractivity contribution in [2.45, 2.75) is 24.7 Å². The molecule has 0 fully saturated rings. The van der Waals surface area contributed by atoms with Gasteiger partial charge in [-0.2, -0.15) is 0 Å². The lowest BCUT2D eigenvalue weighted by Crippen LogP contribution is -2.29. The second-order valence-corrected chi connectivity index (χ2v) is 7.80. The topological polar surface area (TPSA) is 86.1 Å². The van der Waals surface area contributed by atoms with Crippen LogP contribution in [-0.2, 0) is 6.54 Å². The van der Waals surface area contributed by atoms with Gasteiger partial charge in [-0.3, -0.25) is 9.59 Å². The molecule has 1 heterocycles. The van der Waals surface area contributed by atoms with Crippen LogP contribution in [0.1, 0.15) is 39.5 Å². The Labute approximate surface area is 189 Å². The van der Waals surface area contributed by atoms with Crippen LogP contribution in [0.2, 0.25) is 0 Å². The van der Waals surface area contributed by atoms with Crippen molar-refractivity contribution >= 4 is 23.5 Å². The van der Waals surface area contributed by atoms with Gasteiger partial charge in [-0.05, 0) is 43.3 Å². The highest BCUT2D eigenvalue weighted by Gasteiger charge is 2.21. The fraction of sp³-hybridized carbons (Fsp3) is 0.217. The maximum absolute atomic E-state index is 13.9. The molecule has 166 valence electrons. The molecule has 0 unspecified atom stereocenters. The van der Waals surface area contributed by atoms with E-state index in [4.69, 9.17) is 4.74 Å². The zero-order valence-corrected chi connectivity index (χ0v) is 18.6.